The van der Waals surface area contributed by atoms with E-state index in [-0.39, 0.29) is 11.8 Å². The maximum absolute atomic E-state index is 12.4. The second kappa shape index (κ2) is 5.41. The Bertz CT molecular complexity index is 726. The largest absolute Gasteiger partial charge is 0.310 e. The van der Waals surface area contributed by atoms with Crippen molar-refractivity contribution >= 4 is 11.7 Å². The summed E-state index contributed by atoms with van der Waals surface area (Å²) >= 11 is 0. The van der Waals surface area contributed by atoms with Crippen LogP contribution in [0.5, 0.6) is 0 Å². The van der Waals surface area contributed by atoms with Crippen molar-refractivity contribution in [1.82, 2.24) is 9.78 Å². The van der Waals surface area contributed by atoms with Gasteiger partial charge in [-0.05, 0) is 30.4 Å². The molecule has 0 bridgehead atoms. The maximum atomic E-state index is 12.4. The maximum Gasteiger partial charge on any atom is 0.229 e. The Balaban J connectivity index is 1.76. The Kier molecular flexibility index (Phi) is 3.44. The van der Waals surface area contributed by atoms with Gasteiger partial charge in [0.05, 0.1) is 6.20 Å². The summed E-state index contributed by atoms with van der Waals surface area (Å²) in [6, 6.07) is 10.3. The number of fused-ring (bicyclic) bond motifs is 1. The highest BCUT2D eigenvalue weighted by Gasteiger charge is 2.25. The van der Waals surface area contributed by atoms with Crippen molar-refractivity contribution in [2.75, 3.05) is 5.32 Å². The number of carbonyl (C=O) groups excluding carboxylic acids is 1. The second-order valence-corrected chi connectivity index (χ2v) is 5.34. The number of hydrogen-bond acceptors (Lipinski definition) is 3. The Morgan fingerprint density at radius 2 is 2.19 bits per heavy atom. The van der Waals surface area contributed by atoms with Gasteiger partial charge < -0.3 is 5.32 Å². The molecule has 1 atom stereocenters. The third-order valence-corrected chi connectivity index (χ3v) is 4.02. The minimum Gasteiger partial charge on any atom is -0.310 e. The fraction of sp³-hybridized carbons (Fsp3) is 0.312. The first-order valence-electron chi connectivity index (χ1n) is 6.99. The SMILES string of the molecule is Cn1ncc(C#N)c1NC(=O)C1CCc2ccccc2C1. The predicted molar refractivity (Wildman–Crippen MR) is 78.5 cm³/mol. The van der Waals surface area contributed by atoms with Gasteiger partial charge in [-0.25, -0.2) is 0 Å². The number of anilines is 1. The topological polar surface area (TPSA) is 70.7 Å². The van der Waals surface area contributed by atoms with Crippen LogP contribution in [0.4, 0.5) is 5.82 Å². The van der Waals surface area contributed by atoms with E-state index in [9.17, 15) is 4.79 Å². The van der Waals surface area contributed by atoms with Gasteiger partial charge >= 0.3 is 0 Å². The molecule has 0 saturated heterocycles. The van der Waals surface area contributed by atoms with Gasteiger partial charge in [0.2, 0.25) is 5.91 Å². The van der Waals surface area contributed by atoms with Crippen molar-refractivity contribution in [1.29, 1.82) is 5.26 Å². The van der Waals surface area contributed by atoms with Crippen LogP contribution < -0.4 is 5.32 Å². The first kappa shape index (κ1) is 13.4. The molecule has 2 aromatic rings. The fourth-order valence-electron chi connectivity index (χ4n) is 2.81. The van der Waals surface area contributed by atoms with E-state index in [4.69, 9.17) is 5.26 Å². The number of carbonyl (C=O) groups is 1. The van der Waals surface area contributed by atoms with E-state index in [0.717, 1.165) is 19.3 Å². The molecule has 1 N–H and O–H groups in total. The molecular weight excluding hydrogens is 264 g/mol. The van der Waals surface area contributed by atoms with E-state index in [2.05, 4.69) is 22.5 Å². The molecule has 0 radical (unpaired) electrons. The van der Waals surface area contributed by atoms with Crippen LogP contribution in [0.15, 0.2) is 30.5 Å². The van der Waals surface area contributed by atoms with Crippen molar-refractivity contribution in [3.8, 4) is 6.07 Å². The van der Waals surface area contributed by atoms with E-state index in [0.29, 0.717) is 11.4 Å². The fourth-order valence-corrected chi connectivity index (χ4v) is 2.81. The Hall–Kier alpha value is -2.61. The lowest BCUT2D eigenvalue weighted by Gasteiger charge is -2.23. The second-order valence-electron chi connectivity index (χ2n) is 5.34. The number of benzene rings is 1. The van der Waals surface area contributed by atoms with E-state index in [1.54, 1.807) is 7.05 Å². The van der Waals surface area contributed by atoms with E-state index >= 15 is 0 Å². The van der Waals surface area contributed by atoms with Crippen molar-refractivity contribution in [3.63, 3.8) is 0 Å². The molecule has 0 fully saturated rings. The molecule has 3 rings (SSSR count). The van der Waals surface area contributed by atoms with Crippen LogP contribution in [0.25, 0.3) is 0 Å². The molecular formula is C16H16N4O. The number of nitrogens with one attached hydrogen (secondary N) is 1. The zero-order chi connectivity index (χ0) is 14.8. The van der Waals surface area contributed by atoms with Crippen LogP contribution in [0.2, 0.25) is 0 Å². The summed E-state index contributed by atoms with van der Waals surface area (Å²) in [5.41, 5.74) is 2.97. The van der Waals surface area contributed by atoms with Crippen molar-refractivity contribution in [2.24, 2.45) is 13.0 Å². The summed E-state index contributed by atoms with van der Waals surface area (Å²) in [6.07, 6.45) is 3.97. The minimum absolute atomic E-state index is 0.0374. The number of hydrogen-bond donors (Lipinski definition) is 1. The summed E-state index contributed by atoms with van der Waals surface area (Å²) in [5.74, 6) is 0.382. The third-order valence-electron chi connectivity index (χ3n) is 4.02. The van der Waals surface area contributed by atoms with Crippen LogP contribution in [-0.4, -0.2) is 15.7 Å². The third kappa shape index (κ3) is 2.52. The summed E-state index contributed by atoms with van der Waals surface area (Å²) in [4.78, 5) is 12.4. The monoisotopic (exact) mass is 280 g/mol. The summed E-state index contributed by atoms with van der Waals surface area (Å²) in [7, 11) is 1.71. The molecule has 0 aliphatic heterocycles. The highest BCUT2D eigenvalue weighted by Crippen LogP contribution is 2.26. The summed E-state index contributed by atoms with van der Waals surface area (Å²) in [5, 5.41) is 15.9. The lowest BCUT2D eigenvalue weighted by atomic mass is 9.83. The summed E-state index contributed by atoms with van der Waals surface area (Å²) < 4.78 is 1.52. The molecule has 1 aromatic heterocycles. The first-order valence-corrected chi connectivity index (χ1v) is 6.99. The van der Waals surface area contributed by atoms with Gasteiger partial charge in [-0.1, -0.05) is 24.3 Å². The van der Waals surface area contributed by atoms with Gasteiger partial charge in [-0.2, -0.15) is 10.4 Å². The smallest absolute Gasteiger partial charge is 0.229 e. The Labute approximate surface area is 123 Å². The minimum atomic E-state index is -0.0543. The number of rotatable bonds is 2. The Morgan fingerprint density at radius 3 is 2.95 bits per heavy atom. The predicted octanol–water partition coefficient (Wildman–Crippen LogP) is 2.04. The normalized spacial score (nSPS) is 16.9. The van der Waals surface area contributed by atoms with E-state index in [1.807, 2.05) is 18.2 Å². The van der Waals surface area contributed by atoms with Gasteiger partial charge in [-0.3, -0.25) is 9.48 Å². The number of amides is 1. The van der Waals surface area contributed by atoms with Crippen LogP contribution >= 0.6 is 0 Å². The van der Waals surface area contributed by atoms with Gasteiger partial charge in [0.25, 0.3) is 0 Å². The average Bonchev–Trinajstić information content (AvgIpc) is 2.87. The summed E-state index contributed by atoms with van der Waals surface area (Å²) in [6.45, 7) is 0. The highest BCUT2D eigenvalue weighted by molar-refractivity contribution is 5.93. The lowest BCUT2D eigenvalue weighted by Crippen LogP contribution is -2.29. The molecule has 1 aliphatic rings. The molecule has 5 nitrogen and oxygen atoms in total. The molecule has 1 aromatic carbocycles. The zero-order valence-corrected chi connectivity index (χ0v) is 11.8. The standard InChI is InChI=1S/C16H16N4O/c1-20-15(14(9-17)10-18-20)19-16(21)13-7-6-11-4-2-3-5-12(11)8-13/h2-5,10,13H,6-8H2,1H3,(H,19,21). The molecule has 21 heavy (non-hydrogen) atoms. The molecule has 5 heteroatoms. The number of aromatic nitrogens is 2. The van der Waals surface area contributed by atoms with Crippen molar-refractivity contribution in [2.45, 2.75) is 19.3 Å². The van der Waals surface area contributed by atoms with Crippen LogP contribution in [0.3, 0.4) is 0 Å². The quantitative estimate of drug-likeness (QED) is 0.915. The number of aryl methyl sites for hydroxylation is 2. The van der Waals surface area contributed by atoms with E-state index < -0.39 is 0 Å². The van der Waals surface area contributed by atoms with E-state index in [1.165, 1.54) is 22.0 Å². The lowest BCUT2D eigenvalue weighted by molar-refractivity contribution is -0.120. The molecule has 0 saturated carbocycles. The Morgan fingerprint density at radius 1 is 1.43 bits per heavy atom. The molecule has 1 aliphatic carbocycles. The van der Waals surface area contributed by atoms with Gasteiger partial charge in [0, 0.05) is 13.0 Å². The molecule has 0 spiro atoms. The molecule has 106 valence electrons. The van der Waals surface area contributed by atoms with Crippen LogP contribution in [0.1, 0.15) is 23.1 Å². The van der Waals surface area contributed by atoms with Gasteiger partial charge in [0.15, 0.2) is 0 Å². The number of nitrogens with zero attached hydrogens (tertiary/aromatic N) is 3. The van der Waals surface area contributed by atoms with Crippen LogP contribution in [-0.2, 0) is 24.7 Å². The average molecular weight is 280 g/mol. The molecule has 1 heterocycles. The van der Waals surface area contributed by atoms with Crippen molar-refractivity contribution < 1.29 is 4.79 Å². The molecule has 1 unspecified atom stereocenters. The highest BCUT2D eigenvalue weighted by atomic mass is 16.2. The van der Waals surface area contributed by atoms with Gasteiger partial charge in [0.1, 0.15) is 17.5 Å². The molecule has 1 amide bonds. The zero-order valence-electron chi connectivity index (χ0n) is 11.8. The number of nitriles is 1. The van der Waals surface area contributed by atoms with Gasteiger partial charge in [-0.15, -0.1) is 0 Å². The van der Waals surface area contributed by atoms with Crippen LogP contribution in [0, 0.1) is 17.2 Å². The first-order chi connectivity index (χ1) is 10.2. The van der Waals surface area contributed by atoms with Crippen molar-refractivity contribution in [3.05, 3.63) is 47.2 Å².